The van der Waals surface area contributed by atoms with Crippen LogP contribution in [0.3, 0.4) is 0 Å². The van der Waals surface area contributed by atoms with E-state index < -0.39 is 0 Å². The van der Waals surface area contributed by atoms with Gasteiger partial charge < -0.3 is 5.32 Å². The van der Waals surface area contributed by atoms with E-state index in [4.69, 9.17) is 10.5 Å². The van der Waals surface area contributed by atoms with Crippen LogP contribution in [0.2, 0.25) is 0 Å². The number of hydrogen-bond donors (Lipinski definition) is 1. The number of hydrogen-bond acceptors (Lipinski definition) is 3. The summed E-state index contributed by atoms with van der Waals surface area (Å²) >= 11 is 0. The molecule has 0 spiro atoms. The zero-order valence-electron chi connectivity index (χ0n) is 9.60. The van der Waals surface area contributed by atoms with Crippen LogP contribution in [0.1, 0.15) is 35.7 Å². The zero-order chi connectivity index (χ0) is 12.7. The number of nitrogens with one attached hydrogen (secondary N) is 1. The summed E-state index contributed by atoms with van der Waals surface area (Å²) in [4.78, 5) is 11.8. The van der Waals surface area contributed by atoms with Crippen LogP contribution in [0.4, 0.5) is 0 Å². The van der Waals surface area contributed by atoms with Crippen molar-refractivity contribution in [2.45, 2.75) is 25.8 Å². The molecule has 1 aromatic carbocycles. The summed E-state index contributed by atoms with van der Waals surface area (Å²) in [6.07, 6.45) is 1.02. The Morgan fingerprint density at radius 1 is 1.35 bits per heavy atom. The lowest BCUT2D eigenvalue weighted by molar-refractivity contribution is 0.0936. The molecule has 0 aliphatic carbocycles. The van der Waals surface area contributed by atoms with Crippen molar-refractivity contribution in [3.05, 3.63) is 35.4 Å². The van der Waals surface area contributed by atoms with E-state index in [9.17, 15) is 4.79 Å². The molecule has 1 amide bonds. The van der Waals surface area contributed by atoms with Crippen molar-refractivity contribution in [1.82, 2.24) is 5.32 Å². The van der Waals surface area contributed by atoms with Crippen molar-refractivity contribution in [3.63, 3.8) is 0 Å². The predicted octanol–water partition coefficient (Wildman–Crippen LogP) is 1.98. The Morgan fingerprint density at radius 3 is 2.47 bits per heavy atom. The van der Waals surface area contributed by atoms with Crippen molar-refractivity contribution >= 4 is 5.91 Å². The third-order valence-corrected chi connectivity index (χ3v) is 2.44. The average Bonchev–Trinajstić information content (AvgIpc) is 2.38. The highest BCUT2D eigenvalue weighted by atomic mass is 16.1. The van der Waals surface area contributed by atoms with Crippen LogP contribution in [-0.2, 0) is 0 Å². The summed E-state index contributed by atoms with van der Waals surface area (Å²) in [6.45, 7) is 1.92. The topological polar surface area (TPSA) is 76.7 Å². The van der Waals surface area contributed by atoms with Gasteiger partial charge in [-0.25, -0.2) is 0 Å². The van der Waals surface area contributed by atoms with Gasteiger partial charge in [0.05, 0.1) is 24.1 Å². The van der Waals surface area contributed by atoms with Gasteiger partial charge >= 0.3 is 0 Å². The minimum atomic E-state index is -0.211. The zero-order valence-corrected chi connectivity index (χ0v) is 9.60. The molecule has 1 unspecified atom stereocenters. The molecule has 86 valence electrons. The van der Waals surface area contributed by atoms with Gasteiger partial charge in [0.1, 0.15) is 0 Å². The number of benzene rings is 1. The molecule has 4 heteroatoms. The van der Waals surface area contributed by atoms with Crippen LogP contribution < -0.4 is 5.32 Å². The average molecular weight is 227 g/mol. The van der Waals surface area contributed by atoms with Crippen molar-refractivity contribution < 1.29 is 4.79 Å². The van der Waals surface area contributed by atoms with Crippen molar-refractivity contribution in [1.29, 1.82) is 10.5 Å². The first-order valence-corrected chi connectivity index (χ1v) is 5.39. The molecule has 0 radical (unpaired) electrons. The second-order valence-electron chi connectivity index (χ2n) is 3.63. The number of rotatable bonds is 4. The fourth-order valence-corrected chi connectivity index (χ4v) is 1.37. The second-order valence-corrected chi connectivity index (χ2v) is 3.63. The van der Waals surface area contributed by atoms with Gasteiger partial charge in [-0.15, -0.1) is 0 Å². The highest BCUT2D eigenvalue weighted by Gasteiger charge is 2.11. The summed E-state index contributed by atoms with van der Waals surface area (Å²) in [6, 6.07) is 10.3. The Balaban J connectivity index is 2.70. The molecule has 0 heterocycles. The van der Waals surface area contributed by atoms with E-state index >= 15 is 0 Å². The van der Waals surface area contributed by atoms with Gasteiger partial charge in [-0.3, -0.25) is 4.79 Å². The van der Waals surface area contributed by atoms with Gasteiger partial charge in [0.15, 0.2) is 0 Å². The maximum absolute atomic E-state index is 11.8. The monoisotopic (exact) mass is 227 g/mol. The van der Waals surface area contributed by atoms with Gasteiger partial charge in [0, 0.05) is 11.6 Å². The summed E-state index contributed by atoms with van der Waals surface area (Å²) < 4.78 is 0. The Hall–Kier alpha value is -2.33. The van der Waals surface area contributed by atoms with E-state index in [1.165, 1.54) is 0 Å². The van der Waals surface area contributed by atoms with Crippen LogP contribution in [0.15, 0.2) is 24.3 Å². The highest BCUT2D eigenvalue weighted by Crippen LogP contribution is 2.05. The molecule has 4 nitrogen and oxygen atoms in total. The van der Waals surface area contributed by atoms with E-state index in [0.29, 0.717) is 17.5 Å². The Bertz CT molecular complexity index is 465. The van der Waals surface area contributed by atoms with E-state index in [0.717, 1.165) is 6.42 Å². The standard InChI is InChI=1S/C13H13N3O/c1-2-12(7-8-14)16-13(17)11-5-3-10(9-15)4-6-11/h3-6,12H,2,7H2,1H3,(H,16,17). The molecule has 0 saturated heterocycles. The van der Waals surface area contributed by atoms with E-state index in [1.54, 1.807) is 24.3 Å². The first kappa shape index (κ1) is 12.7. The van der Waals surface area contributed by atoms with Crippen LogP contribution in [0.5, 0.6) is 0 Å². The lowest BCUT2D eigenvalue weighted by Gasteiger charge is -2.13. The second kappa shape index (κ2) is 6.30. The van der Waals surface area contributed by atoms with Crippen LogP contribution >= 0.6 is 0 Å². The van der Waals surface area contributed by atoms with Gasteiger partial charge in [-0.2, -0.15) is 10.5 Å². The third-order valence-electron chi connectivity index (χ3n) is 2.44. The van der Waals surface area contributed by atoms with Crippen molar-refractivity contribution in [2.24, 2.45) is 0 Å². The fraction of sp³-hybridized carbons (Fsp3) is 0.308. The maximum atomic E-state index is 11.8. The Labute approximate surface area is 100 Å². The van der Waals surface area contributed by atoms with Crippen LogP contribution in [0.25, 0.3) is 0 Å². The molecule has 0 fully saturated rings. The molecule has 0 saturated carbocycles. The quantitative estimate of drug-likeness (QED) is 0.854. The summed E-state index contributed by atoms with van der Waals surface area (Å²) in [5.41, 5.74) is 1.02. The molecule has 1 atom stereocenters. The minimum Gasteiger partial charge on any atom is -0.348 e. The number of carbonyl (C=O) groups is 1. The molecule has 17 heavy (non-hydrogen) atoms. The SMILES string of the molecule is CCC(CC#N)NC(=O)c1ccc(C#N)cc1. The summed E-state index contributed by atoms with van der Waals surface area (Å²) in [7, 11) is 0. The normalized spacial score (nSPS) is 11.0. The van der Waals surface area contributed by atoms with Crippen LogP contribution in [0, 0.1) is 22.7 Å². The fourth-order valence-electron chi connectivity index (χ4n) is 1.37. The molecule has 0 aliphatic rings. The maximum Gasteiger partial charge on any atom is 0.251 e. The lowest BCUT2D eigenvalue weighted by Crippen LogP contribution is -2.34. The number of nitrogens with zero attached hydrogens (tertiary/aromatic N) is 2. The van der Waals surface area contributed by atoms with Crippen LogP contribution in [-0.4, -0.2) is 11.9 Å². The smallest absolute Gasteiger partial charge is 0.251 e. The Morgan fingerprint density at radius 2 is 2.00 bits per heavy atom. The summed E-state index contributed by atoms with van der Waals surface area (Å²) in [5, 5.41) is 20.0. The molecule has 1 aromatic rings. The Kier molecular flexibility index (Phi) is 4.72. The third kappa shape index (κ3) is 3.62. The number of amides is 1. The van der Waals surface area contributed by atoms with E-state index in [1.807, 2.05) is 19.1 Å². The van der Waals surface area contributed by atoms with Gasteiger partial charge in [-0.1, -0.05) is 6.92 Å². The predicted molar refractivity (Wildman–Crippen MR) is 62.9 cm³/mol. The first-order chi connectivity index (χ1) is 8.21. The molecule has 0 aromatic heterocycles. The number of carbonyl (C=O) groups excluding carboxylic acids is 1. The first-order valence-electron chi connectivity index (χ1n) is 5.39. The molecule has 1 rings (SSSR count). The minimum absolute atomic E-state index is 0.122. The largest absolute Gasteiger partial charge is 0.348 e. The van der Waals surface area contributed by atoms with E-state index in [-0.39, 0.29) is 11.9 Å². The van der Waals surface area contributed by atoms with Gasteiger partial charge in [-0.05, 0) is 30.7 Å². The number of nitriles is 2. The van der Waals surface area contributed by atoms with Gasteiger partial charge in [0.25, 0.3) is 5.91 Å². The highest BCUT2D eigenvalue weighted by molar-refractivity contribution is 5.94. The molecule has 1 N–H and O–H groups in total. The van der Waals surface area contributed by atoms with E-state index in [2.05, 4.69) is 5.32 Å². The molecule has 0 bridgehead atoms. The molecular weight excluding hydrogens is 214 g/mol. The van der Waals surface area contributed by atoms with Gasteiger partial charge in [0.2, 0.25) is 0 Å². The summed E-state index contributed by atoms with van der Waals surface area (Å²) in [5.74, 6) is -0.211. The van der Waals surface area contributed by atoms with Crippen molar-refractivity contribution in [2.75, 3.05) is 0 Å². The molecular formula is C13H13N3O. The van der Waals surface area contributed by atoms with Crippen molar-refractivity contribution in [3.8, 4) is 12.1 Å². The molecule has 0 aliphatic heterocycles. The lowest BCUT2D eigenvalue weighted by atomic mass is 10.1.